The third-order valence-corrected chi connectivity index (χ3v) is 3.45. The Labute approximate surface area is 134 Å². The summed E-state index contributed by atoms with van der Waals surface area (Å²) in [6, 6.07) is 16.9. The normalized spacial score (nSPS) is 11.3. The van der Waals surface area contributed by atoms with E-state index in [4.69, 9.17) is 0 Å². The minimum atomic E-state index is -0.222. The minimum Gasteiger partial charge on any atom is -0.306 e. The van der Waals surface area contributed by atoms with Gasteiger partial charge >= 0.3 is 0 Å². The number of carbonyl (C=O) groups is 1. The molecule has 5 nitrogen and oxygen atoms in total. The largest absolute Gasteiger partial charge is 0.306 e. The van der Waals surface area contributed by atoms with Gasteiger partial charge in [-0.05, 0) is 36.8 Å². The molecule has 2 aromatic carbocycles. The predicted octanol–water partition coefficient (Wildman–Crippen LogP) is 3.03. The van der Waals surface area contributed by atoms with Crippen molar-refractivity contribution in [3.63, 3.8) is 0 Å². The third kappa shape index (κ3) is 3.52. The van der Waals surface area contributed by atoms with Crippen LogP contribution in [0.5, 0.6) is 0 Å². The van der Waals surface area contributed by atoms with Crippen LogP contribution in [-0.2, 0) is 0 Å². The van der Waals surface area contributed by atoms with E-state index >= 15 is 0 Å². The molecule has 0 unspecified atom stereocenters. The molecule has 0 spiro atoms. The van der Waals surface area contributed by atoms with E-state index in [1.54, 1.807) is 24.7 Å². The summed E-state index contributed by atoms with van der Waals surface area (Å²) in [5.41, 5.74) is 5.87. The van der Waals surface area contributed by atoms with Crippen molar-refractivity contribution < 1.29 is 4.79 Å². The maximum Gasteiger partial charge on any atom is 0.271 e. The first-order valence-corrected chi connectivity index (χ1v) is 7.22. The smallest absolute Gasteiger partial charge is 0.271 e. The van der Waals surface area contributed by atoms with Gasteiger partial charge in [0.1, 0.15) is 0 Å². The Morgan fingerprint density at radius 1 is 1.04 bits per heavy atom. The first-order chi connectivity index (χ1) is 11.2. The lowest BCUT2D eigenvalue weighted by atomic mass is 10.1. The zero-order valence-corrected chi connectivity index (χ0v) is 12.7. The van der Waals surface area contributed by atoms with Crippen molar-refractivity contribution in [2.75, 3.05) is 0 Å². The Balaban J connectivity index is 1.70. The van der Waals surface area contributed by atoms with Crippen LogP contribution >= 0.6 is 0 Å². The predicted molar refractivity (Wildman–Crippen MR) is 89.7 cm³/mol. The second-order valence-corrected chi connectivity index (χ2v) is 5.02. The maximum absolute atomic E-state index is 12.0. The van der Waals surface area contributed by atoms with Gasteiger partial charge < -0.3 is 4.57 Å². The molecule has 3 aromatic rings. The second-order valence-electron chi connectivity index (χ2n) is 5.02. The SMILES string of the molecule is C/C(=N/NC(=O)c1ccccc1)c1ccc(-n2ccnc2)cc1. The summed E-state index contributed by atoms with van der Waals surface area (Å²) < 4.78 is 1.92. The average molecular weight is 304 g/mol. The van der Waals surface area contributed by atoms with Gasteiger partial charge in [0.2, 0.25) is 0 Å². The zero-order valence-electron chi connectivity index (χ0n) is 12.7. The van der Waals surface area contributed by atoms with E-state index in [0.29, 0.717) is 5.56 Å². The lowest BCUT2D eigenvalue weighted by Crippen LogP contribution is -2.19. The van der Waals surface area contributed by atoms with E-state index in [-0.39, 0.29) is 5.91 Å². The van der Waals surface area contributed by atoms with Crippen LogP contribution in [0.15, 0.2) is 78.4 Å². The van der Waals surface area contributed by atoms with Crippen LogP contribution in [0.3, 0.4) is 0 Å². The second kappa shape index (κ2) is 6.70. The van der Waals surface area contributed by atoms with Crippen LogP contribution in [0.25, 0.3) is 5.69 Å². The van der Waals surface area contributed by atoms with Crippen molar-refractivity contribution >= 4 is 11.6 Å². The fourth-order valence-electron chi connectivity index (χ4n) is 2.14. The van der Waals surface area contributed by atoms with E-state index in [1.807, 2.05) is 60.2 Å². The van der Waals surface area contributed by atoms with Gasteiger partial charge in [-0.3, -0.25) is 4.79 Å². The number of hydrogen-bond acceptors (Lipinski definition) is 3. The highest BCUT2D eigenvalue weighted by Gasteiger charge is 2.04. The summed E-state index contributed by atoms with van der Waals surface area (Å²) in [6.45, 7) is 1.86. The van der Waals surface area contributed by atoms with E-state index in [2.05, 4.69) is 15.5 Å². The molecule has 0 radical (unpaired) electrons. The first-order valence-electron chi connectivity index (χ1n) is 7.22. The number of imidazole rings is 1. The Bertz CT molecular complexity index is 806. The molecule has 0 saturated carbocycles. The molecule has 0 atom stereocenters. The number of hydrazone groups is 1. The number of rotatable bonds is 4. The zero-order chi connectivity index (χ0) is 16.1. The molecular formula is C18H16N4O. The van der Waals surface area contributed by atoms with Crippen LogP contribution in [0.2, 0.25) is 0 Å². The number of carbonyl (C=O) groups excluding carboxylic acids is 1. The fourth-order valence-corrected chi connectivity index (χ4v) is 2.14. The molecule has 1 aromatic heterocycles. The van der Waals surface area contributed by atoms with Crippen molar-refractivity contribution in [1.29, 1.82) is 0 Å². The summed E-state index contributed by atoms with van der Waals surface area (Å²) in [5, 5.41) is 4.16. The van der Waals surface area contributed by atoms with Crippen LogP contribution in [0.4, 0.5) is 0 Å². The summed E-state index contributed by atoms with van der Waals surface area (Å²) in [4.78, 5) is 16.0. The van der Waals surface area contributed by atoms with Crippen molar-refractivity contribution in [2.45, 2.75) is 6.92 Å². The average Bonchev–Trinajstić information content (AvgIpc) is 3.15. The van der Waals surface area contributed by atoms with Crippen LogP contribution < -0.4 is 5.43 Å². The third-order valence-electron chi connectivity index (χ3n) is 3.45. The molecule has 3 rings (SSSR count). The van der Waals surface area contributed by atoms with Gasteiger partial charge in [0.15, 0.2) is 0 Å². The maximum atomic E-state index is 12.0. The first kappa shape index (κ1) is 14.7. The molecule has 1 amide bonds. The fraction of sp³-hybridized carbons (Fsp3) is 0.0556. The molecule has 1 heterocycles. The van der Waals surface area contributed by atoms with Crippen molar-refractivity contribution in [3.05, 3.63) is 84.4 Å². The molecule has 5 heteroatoms. The van der Waals surface area contributed by atoms with Gasteiger partial charge in [-0.2, -0.15) is 5.10 Å². The Kier molecular flexibility index (Phi) is 4.29. The molecule has 0 saturated heterocycles. The molecule has 0 bridgehead atoms. The summed E-state index contributed by atoms with van der Waals surface area (Å²) in [5.74, 6) is -0.222. The molecular weight excluding hydrogens is 288 g/mol. The van der Waals surface area contributed by atoms with Gasteiger partial charge in [0, 0.05) is 23.6 Å². The van der Waals surface area contributed by atoms with Gasteiger partial charge in [-0.1, -0.05) is 30.3 Å². The molecule has 1 N–H and O–H groups in total. The molecule has 23 heavy (non-hydrogen) atoms. The highest BCUT2D eigenvalue weighted by Crippen LogP contribution is 2.10. The number of aromatic nitrogens is 2. The summed E-state index contributed by atoms with van der Waals surface area (Å²) in [7, 11) is 0. The van der Waals surface area contributed by atoms with E-state index < -0.39 is 0 Å². The molecule has 0 aliphatic carbocycles. The topological polar surface area (TPSA) is 59.3 Å². The highest BCUT2D eigenvalue weighted by atomic mass is 16.2. The van der Waals surface area contributed by atoms with Gasteiger partial charge in [0.05, 0.1) is 12.0 Å². The minimum absolute atomic E-state index is 0.222. The lowest BCUT2D eigenvalue weighted by molar-refractivity contribution is 0.0955. The van der Waals surface area contributed by atoms with Gasteiger partial charge in [-0.15, -0.1) is 0 Å². The van der Waals surface area contributed by atoms with Gasteiger partial charge in [-0.25, -0.2) is 10.4 Å². The van der Waals surface area contributed by atoms with Crippen molar-refractivity contribution in [3.8, 4) is 5.69 Å². The monoisotopic (exact) mass is 304 g/mol. The van der Waals surface area contributed by atoms with Gasteiger partial charge in [0.25, 0.3) is 5.91 Å². The number of benzene rings is 2. The molecule has 0 fully saturated rings. The number of nitrogens with zero attached hydrogens (tertiary/aromatic N) is 3. The van der Waals surface area contributed by atoms with E-state index in [0.717, 1.165) is 17.0 Å². The number of hydrogen-bond donors (Lipinski definition) is 1. The van der Waals surface area contributed by atoms with E-state index in [9.17, 15) is 4.79 Å². The number of nitrogens with one attached hydrogen (secondary N) is 1. The van der Waals surface area contributed by atoms with Crippen LogP contribution in [0.1, 0.15) is 22.8 Å². The van der Waals surface area contributed by atoms with Crippen molar-refractivity contribution in [1.82, 2.24) is 15.0 Å². The highest BCUT2D eigenvalue weighted by molar-refractivity contribution is 6.00. The quantitative estimate of drug-likeness (QED) is 0.595. The summed E-state index contributed by atoms with van der Waals surface area (Å²) >= 11 is 0. The standard InChI is InChI=1S/C18H16N4O/c1-14(20-21-18(23)16-5-3-2-4-6-16)15-7-9-17(10-8-15)22-12-11-19-13-22/h2-13H,1H3,(H,21,23)/b20-14-. The number of amides is 1. The summed E-state index contributed by atoms with van der Waals surface area (Å²) in [6.07, 6.45) is 5.37. The van der Waals surface area contributed by atoms with Crippen LogP contribution in [-0.4, -0.2) is 21.2 Å². The lowest BCUT2D eigenvalue weighted by Gasteiger charge is -2.05. The van der Waals surface area contributed by atoms with E-state index in [1.165, 1.54) is 0 Å². The Morgan fingerprint density at radius 3 is 2.43 bits per heavy atom. The molecule has 114 valence electrons. The Morgan fingerprint density at radius 2 is 1.78 bits per heavy atom. The van der Waals surface area contributed by atoms with Crippen molar-refractivity contribution in [2.24, 2.45) is 5.10 Å². The molecule has 0 aliphatic heterocycles. The van der Waals surface area contributed by atoms with Crippen LogP contribution in [0, 0.1) is 0 Å². The molecule has 0 aliphatic rings. The Hall–Kier alpha value is -3.21.